The van der Waals surface area contributed by atoms with E-state index in [4.69, 9.17) is 14.2 Å². The van der Waals surface area contributed by atoms with Crippen LogP contribution in [0.15, 0.2) is 24.3 Å². The minimum Gasteiger partial charge on any atom is -0.493 e. The van der Waals surface area contributed by atoms with Gasteiger partial charge in [0.1, 0.15) is 5.54 Å². The third kappa shape index (κ3) is 5.53. The van der Waals surface area contributed by atoms with Gasteiger partial charge in [-0.2, -0.15) is 5.26 Å². The van der Waals surface area contributed by atoms with Crippen LogP contribution in [0.1, 0.15) is 51.5 Å². The van der Waals surface area contributed by atoms with E-state index in [0.29, 0.717) is 24.3 Å². The summed E-state index contributed by atoms with van der Waals surface area (Å²) in [6.07, 6.45) is 6.97. The highest BCUT2D eigenvalue weighted by molar-refractivity contribution is 5.84. The second kappa shape index (κ2) is 10.7. The summed E-state index contributed by atoms with van der Waals surface area (Å²) in [6, 6.07) is 7.65. The van der Waals surface area contributed by atoms with Gasteiger partial charge in [0, 0.05) is 7.05 Å². The van der Waals surface area contributed by atoms with Gasteiger partial charge in [-0.1, -0.05) is 37.5 Å². The lowest BCUT2D eigenvalue weighted by atomic mass is 9.81. The molecule has 2 rings (SSSR count). The molecule has 1 aliphatic rings. The summed E-state index contributed by atoms with van der Waals surface area (Å²) in [4.78, 5) is 26.4. The van der Waals surface area contributed by atoms with Crippen LogP contribution in [0.25, 0.3) is 6.08 Å². The molecule has 1 amide bonds. The number of likely N-dealkylation sites (N-methyl/N-ethyl adjacent to an activating group) is 1. The average molecular weight is 415 g/mol. The molecular formula is C23H30N2O5. The molecule has 0 spiro atoms. The number of carbonyl (C=O) groups is 2. The summed E-state index contributed by atoms with van der Waals surface area (Å²) in [7, 11) is 3.13. The number of nitrogens with zero attached hydrogens (tertiary/aromatic N) is 2. The normalized spacial score (nSPS) is 16.4. The van der Waals surface area contributed by atoms with E-state index in [-0.39, 0.29) is 12.5 Å². The molecule has 1 aliphatic carbocycles. The molecule has 7 heteroatoms. The minimum absolute atomic E-state index is 0.357. The second-order valence-corrected chi connectivity index (χ2v) is 7.43. The predicted molar refractivity (Wildman–Crippen MR) is 113 cm³/mol. The van der Waals surface area contributed by atoms with E-state index < -0.39 is 17.6 Å². The highest BCUT2D eigenvalue weighted by Gasteiger charge is 2.40. The number of ether oxygens (including phenoxy) is 3. The van der Waals surface area contributed by atoms with Crippen LogP contribution in [0, 0.1) is 11.3 Å². The largest absolute Gasteiger partial charge is 0.493 e. The van der Waals surface area contributed by atoms with Gasteiger partial charge in [0.2, 0.25) is 0 Å². The topological polar surface area (TPSA) is 88.9 Å². The molecular weight excluding hydrogens is 384 g/mol. The lowest BCUT2D eigenvalue weighted by Crippen LogP contribution is -2.53. The molecule has 0 aliphatic heterocycles. The maximum Gasteiger partial charge on any atom is 0.344 e. The van der Waals surface area contributed by atoms with Gasteiger partial charge in [-0.25, -0.2) is 4.79 Å². The van der Waals surface area contributed by atoms with Gasteiger partial charge in [-0.15, -0.1) is 0 Å². The summed E-state index contributed by atoms with van der Waals surface area (Å²) in [5.74, 6) is -0.154. The fourth-order valence-electron chi connectivity index (χ4n) is 3.66. The number of esters is 1. The number of allylic oxidation sites excluding steroid dienone is 1. The zero-order chi connectivity index (χ0) is 22.1. The van der Waals surface area contributed by atoms with Crippen molar-refractivity contribution in [2.24, 2.45) is 0 Å². The molecule has 1 aromatic rings. The number of hydrogen-bond donors (Lipinski definition) is 0. The van der Waals surface area contributed by atoms with Crippen molar-refractivity contribution < 1.29 is 23.8 Å². The van der Waals surface area contributed by atoms with Crippen molar-refractivity contribution in [1.29, 1.82) is 5.26 Å². The number of rotatable bonds is 8. The van der Waals surface area contributed by atoms with E-state index in [1.54, 1.807) is 19.2 Å². The van der Waals surface area contributed by atoms with Gasteiger partial charge >= 0.3 is 5.97 Å². The summed E-state index contributed by atoms with van der Waals surface area (Å²) in [5, 5.41) is 9.65. The Bertz CT molecular complexity index is 821. The maximum atomic E-state index is 12.7. The van der Waals surface area contributed by atoms with Crippen molar-refractivity contribution >= 4 is 18.0 Å². The van der Waals surface area contributed by atoms with Crippen LogP contribution in [0.5, 0.6) is 11.5 Å². The first-order valence-electron chi connectivity index (χ1n) is 10.2. The second-order valence-electron chi connectivity index (χ2n) is 7.43. The van der Waals surface area contributed by atoms with Crippen molar-refractivity contribution in [1.82, 2.24) is 4.90 Å². The van der Waals surface area contributed by atoms with Crippen molar-refractivity contribution in [3.8, 4) is 17.6 Å². The van der Waals surface area contributed by atoms with Crippen molar-refractivity contribution in [3.05, 3.63) is 29.8 Å². The molecule has 1 aromatic carbocycles. The van der Waals surface area contributed by atoms with E-state index in [1.807, 2.05) is 25.1 Å². The van der Waals surface area contributed by atoms with Crippen LogP contribution in [-0.4, -0.2) is 49.2 Å². The maximum absolute atomic E-state index is 12.7. The molecule has 0 radical (unpaired) electrons. The van der Waals surface area contributed by atoms with Gasteiger partial charge in [-0.05, 0) is 44.4 Å². The van der Waals surface area contributed by atoms with Crippen LogP contribution in [0.4, 0.5) is 0 Å². The van der Waals surface area contributed by atoms with Crippen molar-refractivity contribution in [2.45, 2.75) is 57.6 Å². The van der Waals surface area contributed by atoms with E-state index in [0.717, 1.165) is 24.8 Å². The van der Waals surface area contributed by atoms with E-state index in [2.05, 4.69) is 6.07 Å². The lowest BCUT2D eigenvalue weighted by molar-refractivity contribution is -0.162. The molecule has 0 bridgehead atoms. The van der Waals surface area contributed by atoms with Crippen LogP contribution in [-0.2, 0) is 14.3 Å². The monoisotopic (exact) mass is 414 g/mol. The molecule has 0 heterocycles. The van der Waals surface area contributed by atoms with Crippen LogP contribution < -0.4 is 9.47 Å². The number of methoxy groups -OCH3 is 1. The first-order valence-corrected chi connectivity index (χ1v) is 10.2. The Labute approximate surface area is 178 Å². The molecule has 162 valence electrons. The highest BCUT2D eigenvalue weighted by atomic mass is 16.6. The molecule has 0 N–H and O–H groups in total. The summed E-state index contributed by atoms with van der Waals surface area (Å²) in [6.45, 7) is 3.07. The summed E-state index contributed by atoms with van der Waals surface area (Å²) < 4.78 is 16.1. The van der Waals surface area contributed by atoms with Gasteiger partial charge < -0.3 is 19.1 Å². The zero-order valence-electron chi connectivity index (χ0n) is 18.1. The third-order valence-electron chi connectivity index (χ3n) is 5.41. The standard InChI is InChI=1S/C23H30N2O5/c1-5-9-18-10-11-19(20(14-18)28-4)29-15-21(26)30-17(2)22(27)25(3)23(16-24)12-7-6-8-13-23/h5,9-11,14,17H,6-8,12-13,15H2,1-4H3/b9-5+/t17-/m0/s1. The molecule has 0 saturated heterocycles. The number of carbonyl (C=O) groups excluding carboxylic acids is 2. The third-order valence-corrected chi connectivity index (χ3v) is 5.41. The molecule has 1 atom stereocenters. The zero-order valence-corrected chi connectivity index (χ0v) is 18.1. The Balaban J connectivity index is 1.94. The number of hydrogen-bond acceptors (Lipinski definition) is 6. The van der Waals surface area contributed by atoms with Crippen molar-refractivity contribution in [3.63, 3.8) is 0 Å². The van der Waals surface area contributed by atoms with Gasteiger partial charge in [0.15, 0.2) is 24.2 Å². The fourth-order valence-corrected chi connectivity index (χ4v) is 3.66. The first-order chi connectivity index (χ1) is 14.4. The van der Waals surface area contributed by atoms with E-state index in [1.165, 1.54) is 18.9 Å². The van der Waals surface area contributed by atoms with E-state index in [9.17, 15) is 14.9 Å². The van der Waals surface area contributed by atoms with Gasteiger partial charge in [-0.3, -0.25) is 4.79 Å². The Morgan fingerprint density at radius 2 is 1.97 bits per heavy atom. The Morgan fingerprint density at radius 3 is 2.57 bits per heavy atom. The summed E-state index contributed by atoms with van der Waals surface area (Å²) >= 11 is 0. The van der Waals surface area contributed by atoms with Crippen LogP contribution in [0.2, 0.25) is 0 Å². The lowest BCUT2D eigenvalue weighted by Gasteiger charge is -2.39. The average Bonchev–Trinajstić information content (AvgIpc) is 2.77. The Morgan fingerprint density at radius 1 is 1.27 bits per heavy atom. The Kier molecular flexibility index (Phi) is 8.28. The highest BCUT2D eigenvalue weighted by Crippen LogP contribution is 2.33. The molecule has 30 heavy (non-hydrogen) atoms. The molecule has 1 saturated carbocycles. The minimum atomic E-state index is -1.00. The fraction of sp³-hybridized carbons (Fsp3) is 0.522. The van der Waals surface area contributed by atoms with Gasteiger partial charge in [0.05, 0.1) is 13.2 Å². The van der Waals surface area contributed by atoms with Gasteiger partial charge in [0.25, 0.3) is 5.91 Å². The number of amides is 1. The molecule has 0 unspecified atom stereocenters. The molecule has 0 aromatic heterocycles. The quantitative estimate of drug-likeness (QED) is 0.602. The first kappa shape index (κ1) is 23.3. The SMILES string of the molecule is C/C=C/c1ccc(OCC(=O)O[C@@H](C)C(=O)N(C)C2(C#N)CCCCC2)c(OC)c1. The number of nitriles is 1. The smallest absolute Gasteiger partial charge is 0.344 e. The van der Waals surface area contributed by atoms with Crippen molar-refractivity contribution in [2.75, 3.05) is 20.8 Å². The van der Waals surface area contributed by atoms with Crippen LogP contribution in [0.3, 0.4) is 0 Å². The van der Waals surface area contributed by atoms with E-state index >= 15 is 0 Å². The Hall–Kier alpha value is -3.01. The molecule has 1 fully saturated rings. The predicted octanol–water partition coefficient (Wildman–Crippen LogP) is 3.72. The summed E-state index contributed by atoms with van der Waals surface area (Å²) in [5.41, 5.74) is 0.120. The number of benzene rings is 1. The molecule has 7 nitrogen and oxygen atoms in total. The van der Waals surface area contributed by atoms with Crippen LogP contribution >= 0.6 is 0 Å².